The first-order valence-electron chi connectivity index (χ1n) is 6.16. The molecule has 3 heteroatoms. The van der Waals surface area contributed by atoms with Gasteiger partial charge in [-0.3, -0.25) is 0 Å². The third-order valence-corrected chi connectivity index (χ3v) is 3.07. The quantitative estimate of drug-likeness (QED) is 0.851. The zero-order chi connectivity index (χ0) is 13.0. The number of aliphatic hydroxyl groups is 1. The highest BCUT2D eigenvalue weighted by Gasteiger charge is 2.11. The molecule has 0 spiro atoms. The molecular formula is C15H19NO2. The van der Waals surface area contributed by atoms with Gasteiger partial charge >= 0.3 is 0 Å². The van der Waals surface area contributed by atoms with E-state index in [0.29, 0.717) is 6.54 Å². The fourth-order valence-electron chi connectivity index (χ4n) is 2.07. The molecule has 0 saturated heterocycles. The summed E-state index contributed by atoms with van der Waals surface area (Å²) in [6, 6.07) is 12.0. The van der Waals surface area contributed by atoms with E-state index in [1.165, 1.54) is 0 Å². The maximum atomic E-state index is 9.45. The minimum absolute atomic E-state index is 0.0409. The lowest BCUT2D eigenvalue weighted by Crippen LogP contribution is -2.24. The van der Waals surface area contributed by atoms with Gasteiger partial charge in [-0.1, -0.05) is 30.3 Å². The van der Waals surface area contributed by atoms with E-state index in [0.717, 1.165) is 22.6 Å². The lowest BCUT2D eigenvalue weighted by Gasteiger charge is -2.16. The van der Waals surface area contributed by atoms with Crippen molar-refractivity contribution in [2.45, 2.75) is 26.4 Å². The number of nitrogens with one attached hydrogen (secondary N) is 1. The molecule has 3 nitrogen and oxygen atoms in total. The first-order valence-corrected chi connectivity index (χ1v) is 6.16. The van der Waals surface area contributed by atoms with E-state index in [2.05, 4.69) is 5.32 Å². The average molecular weight is 245 g/mol. The molecule has 1 atom stereocenters. The Morgan fingerprint density at radius 1 is 1.22 bits per heavy atom. The van der Waals surface area contributed by atoms with Crippen LogP contribution in [0.2, 0.25) is 0 Å². The molecule has 18 heavy (non-hydrogen) atoms. The molecule has 0 amide bonds. The predicted molar refractivity (Wildman–Crippen MR) is 71.3 cm³/mol. The number of hydrogen-bond donors (Lipinski definition) is 2. The van der Waals surface area contributed by atoms with E-state index < -0.39 is 0 Å². The topological polar surface area (TPSA) is 45.4 Å². The summed E-state index contributed by atoms with van der Waals surface area (Å²) in [5.41, 5.74) is 2.24. The smallest absolute Gasteiger partial charge is 0.105 e. The van der Waals surface area contributed by atoms with Gasteiger partial charge in [0.15, 0.2) is 0 Å². The minimum atomic E-state index is -0.0409. The Labute approximate surface area is 107 Å². The summed E-state index contributed by atoms with van der Waals surface area (Å²) < 4.78 is 5.48. The highest BCUT2D eigenvalue weighted by Crippen LogP contribution is 2.16. The van der Waals surface area contributed by atoms with Crippen LogP contribution in [0.1, 0.15) is 28.7 Å². The largest absolute Gasteiger partial charge is 0.466 e. The molecule has 2 rings (SSSR count). The van der Waals surface area contributed by atoms with E-state index >= 15 is 0 Å². The van der Waals surface area contributed by atoms with Gasteiger partial charge in [-0.25, -0.2) is 0 Å². The van der Waals surface area contributed by atoms with Crippen LogP contribution in [-0.4, -0.2) is 11.7 Å². The van der Waals surface area contributed by atoms with Crippen molar-refractivity contribution < 1.29 is 9.52 Å². The Morgan fingerprint density at radius 2 is 1.94 bits per heavy atom. The maximum Gasteiger partial charge on any atom is 0.105 e. The number of benzene rings is 1. The van der Waals surface area contributed by atoms with Crippen molar-refractivity contribution in [3.05, 3.63) is 59.0 Å². The third kappa shape index (κ3) is 3.00. The van der Waals surface area contributed by atoms with Crippen LogP contribution in [0, 0.1) is 13.8 Å². The molecule has 0 radical (unpaired) electrons. The van der Waals surface area contributed by atoms with Crippen molar-refractivity contribution in [3.8, 4) is 0 Å². The van der Waals surface area contributed by atoms with Crippen molar-refractivity contribution in [2.75, 3.05) is 6.61 Å². The Hall–Kier alpha value is -1.58. The van der Waals surface area contributed by atoms with Gasteiger partial charge in [-0.2, -0.15) is 0 Å². The predicted octanol–water partition coefficient (Wildman–Crippen LogP) is 2.72. The summed E-state index contributed by atoms with van der Waals surface area (Å²) >= 11 is 0. The van der Waals surface area contributed by atoms with Crippen molar-refractivity contribution in [1.29, 1.82) is 0 Å². The zero-order valence-electron chi connectivity index (χ0n) is 10.8. The van der Waals surface area contributed by atoms with E-state index in [1.54, 1.807) is 0 Å². The second-order valence-corrected chi connectivity index (χ2v) is 4.47. The molecule has 0 aliphatic carbocycles. The summed E-state index contributed by atoms with van der Waals surface area (Å²) in [5.74, 6) is 1.86. The molecule has 2 N–H and O–H groups in total. The molecule has 1 heterocycles. The van der Waals surface area contributed by atoms with Gasteiger partial charge in [-0.15, -0.1) is 0 Å². The van der Waals surface area contributed by atoms with Gasteiger partial charge in [0, 0.05) is 12.1 Å². The Balaban J connectivity index is 2.02. The molecule has 0 bridgehead atoms. The van der Waals surface area contributed by atoms with Crippen LogP contribution in [-0.2, 0) is 6.54 Å². The van der Waals surface area contributed by atoms with Gasteiger partial charge in [0.1, 0.15) is 11.5 Å². The lowest BCUT2D eigenvalue weighted by molar-refractivity contribution is 0.243. The standard InChI is InChI=1S/C15H19NO2/c1-11-8-14(12(2)18-11)9-16-15(10-17)13-6-4-3-5-7-13/h3-8,15-17H,9-10H2,1-2H3. The van der Waals surface area contributed by atoms with Crippen molar-refractivity contribution in [3.63, 3.8) is 0 Å². The zero-order valence-corrected chi connectivity index (χ0v) is 10.8. The average Bonchev–Trinajstić information content (AvgIpc) is 2.70. The molecule has 96 valence electrons. The summed E-state index contributed by atoms with van der Waals surface area (Å²) in [7, 11) is 0. The van der Waals surface area contributed by atoms with Crippen LogP contribution >= 0.6 is 0 Å². The highest BCUT2D eigenvalue weighted by molar-refractivity contribution is 5.22. The van der Waals surface area contributed by atoms with Gasteiger partial charge < -0.3 is 14.8 Å². The third-order valence-electron chi connectivity index (χ3n) is 3.07. The number of hydrogen-bond acceptors (Lipinski definition) is 3. The molecular weight excluding hydrogens is 226 g/mol. The van der Waals surface area contributed by atoms with Crippen LogP contribution in [0.5, 0.6) is 0 Å². The monoisotopic (exact) mass is 245 g/mol. The summed E-state index contributed by atoms with van der Waals surface area (Å²) in [5, 5.41) is 12.8. The first kappa shape index (κ1) is 12.9. The Morgan fingerprint density at radius 3 is 2.50 bits per heavy atom. The van der Waals surface area contributed by atoms with Crippen LogP contribution in [0.25, 0.3) is 0 Å². The molecule has 0 aliphatic heterocycles. The summed E-state index contributed by atoms with van der Waals surface area (Å²) in [4.78, 5) is 0. The first-order chi connectivity index (χ1) is 8.70. The van der Waals surface area contributed by atoms with E-state index in [-0.39, 0.29) is 12.6 Å². The van der Waals surface area contributed by atoms with Crippen molar-refractivity contribution >= 4 is 0 Å². The van der Waals surface area contributed by atoms with Crippen molar-refractivity contribution in [2.24, 2.45) is 0 Å². The summed E-state index contributed by atoms with van der Waals surface area (Å²) in [6.45, 7) is 4.68. The van der Waals surface area contributed by atoms with Gasteiger partial charge in [-0.05, 0) is 25.5 Å². The second-order valence-electron chi connectivity index (χ2n) is 4.47. The van der Waals surface area contributed by atoms with Gasteiger partial charge in [0.05, 0.1) is 12.6 Å². The molecule has 1 aromatic carbocycles. The molecule has 1 aromatic heterocycles. The molecule has 0 fully saturated rings. The summed E-state index contributed by atoms with van der Waals surface area (Å²) in [6.07, 6.45) is 0. The van der Waals surface area contributed by atoms with Crippen LogP contribution in [0.15, 0.2) is 40.8 Å². The normalized spacial score (nSPS) is 12.6. The molecule has 2 aromatic rings. The SMILES string of the molecule is Cc1cc(CNC(CO)c2ccccc2)c(C)o1. The number of aryl methyl sites for hydroxylation is 2. The minimum Gasteiger partial charge on any atom is -0.466 e. The van der Waals surface area contributed by atoms with Gasteiger partial charge in [0.2, 0.25) is 0 Å². The maximum absolute atomic E-state index is 9.45. The fourth-order valence-corrected chi connectivity index (χ4v) is 2.07. The van der Waals surface area contributed by atoms with Crippen LogP contribution in [0.4, 0.5) is 0 Å². The van der Waals surface area contributed by atoms with Gasteiger partial charge in [0.25, 0.3) is 0 Å². The second kappa shape index (κ2) is 5.85. The fraction of sp³-hybridized carbons (Fsp3) is 0.333. The van der Waals surface area contributed by atoms with E-state index in [1.807, 2.05) is 50.2 Å². The highest BCUT2D eigenvalue weighted by atomic mass is 16.3. The van der Waals surface area contributed by atoms with E-state index in [4.69, 9.17) is 4.42 Å². The molecule has 0 aliphatic rings. The number of aliphatic hydroxyl groups excluding tert-OH is 1. The number of rotatable bonds is 5. The molecule has 0 saturated carbocycles. The molecule has 1 unspecified atom stereocenters. The van der Waals surface area contributed by atoms with Crippen molar-refractivity contribution in [1.82, 2.24) is 5.32 Å². The van der Waals surface area contributed by atoms with E-state index in [9.17, 15) is 5.11 Å². The Bertz CT molecular complexity index is 490. The lowest BCUT2D eigenvalue weighted by atomic mass is 10.1. The van der Waals surface area contributed by atoms with Crippen LogP contribution < -0.4 is 5.32 Å². The number of furan rings is 1. The Kier molecular flexibility index (Phi) is 4.18. The van der Waals surface area contributed by atoms with Crippen LogP contribution in [0.3, 0.4) is 0 Å².